The van der Waals surface area contributed by atoms with E-state index in [9.17, 15) is 9.59 Å². The van der Waals surface area contributed by atoms with Gasteiger partial charge in [-0.1, -0.05) is 30.3 Å². The number of imidazole rings is 1. The Morgan fingerprint density at radius 2 is 1.57 bits per heavy atom. The molecule has 0 spiro atoms. The molecule has 0 saturated carbocycles. The van der Waals surface area contributed by atoms with Gasteiger partial charge in [0.05, 0.1) is 11.0 Å². The van der Waals surface area contributed by atoms with Gasteiger partial charge in [0.25, 0.3) is 0 Å². The summed E-state index contributed by atoms with van der Waals surface area (Å²) in [5, 5.41) is 0. The molecule has 0 N–H and O–H groups in total. The highest BCUT2D eigenvalue weighted by Gasteiger charge is 2.19. The molecule has 2 heterocycles. The van der Waals surface area contributed by atoms with Gasteiger partial charge in [0, 0.05) is 38.9 Å². The van der Waals surface area contributed by atoms with Crippen LogP contribution in [0.3, 0.4) is 0 Å². The van der Waals surface area contributed by atoms with Gasteiger partial charge in [-0.2, -0.15) is 0 Å². The first-order valence-electron chi connectivity index (χ1n) is 10.8. The number of aryl methyl sites for hydroxylation is 1. The second kappa shape index (κ2) is 8.78. The number of hydrogen-bond acceptors (Lipinski definition) is 3. The molecule has 1 aliphatic rings. The molecule has 1 saturated heterocycles. The topological polar surface area (TPSA) is 50.5 Å². The van der Waals surface area contributed by atoms with Crippen LogP contribution in [-0.4, -0.2) is 40.1 Å². The molecule has 3 aromatic rings. The summed E-state index contributed by atoms with van der Waals surface area (Å²) in [5.74, 6) is -0.0652. The first kappa shape index (κ1) is 20.3. The van der Waals surface area contributed by atoms with E-state index in [1.54, 1.807) is 14.0 Å². The van der Waals surface area contributed by atoms with Crippen LogP contribution in [0.4, 0.5) is 5.69 Å². The number of benzene rings is 2. The monoisotopic (exact) mass is 406 g/mol. The minimum Gasteiger partial charge on any atom is -0.371 e. The molecule has 158 valence electrons. The third kappa shape index (κ3) is 3.86. The Kier molecular flexibility index (Phi) is 5.93. The number of nitrogens with zero attached hydrogens (tertiary/aromatic N) is 4. The highest BCUT2D eigenvalue weighted by molar-refractivity contribution is 5.81. The highest BCUT2D eigenvalue weighted by atomic mass is 16.2. The lowest BCUT2D eigenvalue weighted by atomic mass is 10.1. The first-order valence-corrected chi connectivity index (χ1v) is 10.8. The van der Waals surface area contributed by atoms with E-state index in [2.05, 4.69) is 23.1 Å². The molecular weight excluding hydrogens is 376 g/mol. The average molecular weight is 407 g/mol. The van der Waals surface area contributed by atoms with Gasteiger partial charge in [0.1, 0.15) is 6.54 Å². The molecule has 4 rings (SSSR count). The quantitative estimate of drug-likeness (QED) is 0.630. The number of rotatable bonds is 6. The van der Waals surface area contributed by atoms with Crippen molar-refractivity contribution in [1.29, 1.82) is 0 Å². The number of likely N-dealkylation sites (N-methyl/N-ethyl adjacent to an activating group) is 1. The van der Waals surface area contributed by atoms with Crippen LogP contribution in [0.5, 0.6) is 0 Å². The van der Waals surface area contributed by atoms with Crippen LogP contribution in [0.1, 0.15) is 31.7 Å². The lowest BCUT2D eigenvalue weighted by Crippen LogP contribution is -2.35. The van der Waals surface area contributed by atoms with Crippen molar-refractivity contribution >= 4 is 22.6 Å². The van der Waals surface area contributed by atoms with Crippen LogP contribution in [0.25, 0.3) is 11.0 Å². The van der Waals surface area contributed by atoms with Crippen molar-refractivity contribution in [2.24, 2.45) is 0 Å². The van der Waals surface area contributed by atoms with Crippen LogP contribution in [0, 0.1) is 0 Å². The summed E-state index contributed by atoms with van der Waals surface area (Å²) in [7, 11) is 1.82. The van der Waals surface area contributed by atoms with E-state index in [0.717, 1.165) is 29.7 Å². The third-order valence-corrected chi connectivity index (χ3v) is 6.06. The van der Waals surface area contributed by atoms with Crippen LogP contribution in [0.2, 0.25) is 0 Å². The fourth-order valence-electron chi connectivity index (χ4n) is 4.42. The maximum Gasteiger partial charge on any atom is 0.329 e. The fraction of sp³-hybridized carbons (Fsp3) is 0.417. The maximum atomic E-state index is 13.0. The van der Waals surface area contributed by atoms with E-state index >= 15 is 0 Å². The third-order valence-electron chi connectivity index (χ3n) is 6.06. The summed E-state index contributed by atoms with van der Waals surface area (Å²) in [6.07, 6.45) is 3.72. The highest BCUT2D eigenvalue weighted by Crippen LogP contribution is 2.25. The Hall–Kier alpha value is -3.02. The molecule has 1 amide bonds. The number of piperidine rings is 1. The number of fused-ring (bicyclic) bond motifs is 1. The molecule has 2 aromatic carbocycles. The van der Waals surface area contributed by atoms with E-state index < -0.39 is 0 Å². The molecule has 6 nitrogen and oxygen atoms in total. The number of carbonyl (C=O) groups excluding carboxylic acids is 1. The summed E-state index contributed by atoms with van der Waals surface area (Å²) < 4.78 is 3.31. The minimum absolute atomic E-state index is 0.0503. The maximum absolute atomic E-state index is 13.0. The molecule has 0 bridgehead atoms. The predicted molar refractivity (Wildman–Crippen MR) is 121 cm³/mol. The summed E-state index contributed by atoms with van der Waals surface area (Å²) in [6.45, 7) is 5.26. The molecule has 6 heteroatoms. The van der Waals surface area contributed by atoms with Crippen molar-refractivity contribution in [2.75, 3.05) is 25.0 Å². The van der Waals surface area contributed by atoms with Gasteiger partial charge in [-0.15, -0.1) is 0 Å². The molecule has 0 atom stereocenters. The number of aromatic nitrogens is 2. The van der Waals surface area contributed by atoms with E-state index in [4.69, 9.17) is 0 Å². The molecule has 1 aliphatic heterocycles. The van der Waals surface area contributed by atoms with Gasteiger partial charge >= 0.3 is 5.69 Å². The van der Waals surface area contributed by atoms with E-state index in [1.165, 1.54) is 24.9 Å². The SMILES string of the molecule is CCn1c(=O)n(CC(=O)N(C)Cc2ccccc2N2CCCCC2)c2ccccc21. The van der Waals surface area contributed by atoms with Gasteiger partial charge in [0.15, 0.2) is 0 Å². The molecular formula is C24H30N4O2. The Morgan fingerprint density at radius 1 is 0.933 bits per heavy atom. The number of para-hydroxylation sites is 3. The zero-order chi connectivity index (χ0) is 21.1. The Labute approximate surface area is 177 Å². The Balaban J connectivity index is 1.54. The standard InChI is InChI=1S/C24H30N4O2/c1-3-27-21-13-7-8-14-22(21)28(24(27)30)18-23(29)25(2)17-19-11-5-6-12-20(19)26-15-9-4-10-16-26/h5-8,11-14H,3-4,9-10,15-18H2,1-2H3. The largest absolute Gasteiger partial charge is 0.371 e. The molecule has 0 radical (unpaired) electrons. The fourth-order valence-corrected chi connectivity index (χ4v) is 4.42. The molecule has 1 aromatic heterocycles. The van der Waals surface area contributed by atoms with Crippen LogP contribution >= 0.6 is 0 Å². The zero-order valence-electron chi connectivity index (χ0n) is 17.9. The summed E-state index contributed by atoms with van der Waals surface area (Å²) in [4.78, 5) is 30.0. The smallest absolute Gasteiger partial charge is 0.329 e. The van der Waals surface area contributed by atoms with Crippen LogP contribution in [-0.2, 0) is 24.4 Å². The van der Waals surface area contributed by atoms with Crippen molar-refractivity contribution in [1.82, 2.24) is 14.0 Å². The number of anilines is 1. The van der Waals surface area contributed by atoms with Crippen molar-refractivity contribution in [2.45, 2.75) is 45.8 Å². The van der Waals surface area contributed by atoms with Crippen LogP contribution < -0.4 is 10.6 Å². The summed E-state index contributed by atoms with van der Waals surface area (Å²) in [6, 6.07) is 16.0. The second-order valence-electron chi connectivity index (χ2n) is 8.03. The van der Waals surface area contributed by atoms with Gasteiger partial charge in [-0.05, 0) is 49.9 Å². The Morgan fingerprint density at radius 3 is 2.27 bits per heavy atom. The molecule has 0 aliphatic carbocycles. The molecule has 0 unspecified atom stereocenters. The lowest BCUT2D eigenvalue weighted by molar-refractivity contribution is -0.131. The van der Waals surface area contributed by atoms with Crippen molar-refractivity contribution in [3.05, 3.63) is 64.6 Å². The molecule has 1 fully saturated rings. The van der Waals surface area contributed by atoms with E-state index in [-0.39, 0.29) is 18.1 Å². The van der Waals surface area contributed by atoms with E-state index in [1.807, 2.05) is 44.3 Å². The first-order chi connectivity index (χ1) is 14.6. The number of hydrogen-bond donors (Lipinski definition) is 0. The number of amides is 1. The zero-order valence-corrected chi connectivity index (χ0v) is 17.9. The second-order valence-corrected chi connectivity index (χ2v) is 8.03. The van der Waals surface area contributed by atoms with Crippen molar-refractivity contribution in [3.63, 3.8) is 0 Å². The van der Waals surface area contributed by atoms with Crippen LogP contribution in [0.15, 0.2) is 53.3 Å². The van der Waals surface area contributed by atoms with Crippen molar-refractivity contribution < 1.29 is 4.79 Å². The minimum atomic E-state index is -0.130. The van der Waals surface area contributed by atoms with Gasteiger partial charge in [0.2, 0.25) is 5.91 Å². The van der Waals surface area contributed by atoms with E-state index in [0.29, 0.717) is 13.1 Å². The summed E-state index contributed by atoms with van der Waals surface area (Å²) >= 11 is 0. The average Bonchev–Trinajstić information content (AvgIpc) is 3.05. The van der Waals surface area contributed by atoms with Gasteiger partial charge in [-0.3, -0.25) is 13.9 Å². The summed E-state index contributed by atoms with van der Waals surface area (Å²) in [5.41, 5.74) is 3.92. The predicted octanol–water partition coefficient (Wildman–Crippen LogP) is 3.47. The van der Waals surface area contributed by atoms with Gasteiger partial charge < -0.3 is 9.80 Å². The van der Waals surface area contributed by atoms with Gasteiger partial charge in [-0.25, -0.2) is 4.79 Å². The number of carbonyl (C=O) groups is 1. The molecule has 30 heavy (non-hydrogen) atoms. The van der Waals surface area contributed by atoms with Crippen molar-refractivity contribution in [3.8, 4) is 0 Å². The lowest BCUT2D eigenvalue weighted by Gasteiger charge is -2.31. The Bertz CT molecular complexity index is 1090. The normalized spacial score (nSPS) is 14.3.